The maximum Gasteiger partial charge on any atom is 0.333 e. The van der Waals surface area contributed by atoms with E-state index in [2.05, 4.69) is 16.8 Å². The molecule has 0 aliphatic rings. The number of hydrogen-bond acceptors (Lipinski definition) is 9. The fraction of sp³-hybridized carbons (Fsp3) is 0.258. The van der Waals surface area contributed by atoms with Gasteiger partial charge >= 0.3 is 11.7 Å². The van der Waals surface area contributed by atoms with Gasteiger partial charge in [-0.1, -0.05) is 47.7 Å². The van der Waals surface area contributed by atoms with Gasteiger partial charge in [0.05, 0.1) is 38.0 Å². The van der Waals surface area contributed by atoms with Gasteiger partial charge in [0.15, 0.2) is 0 Å². The summed E-state index contributed by atoms with van der Waals surface area (Å²) in [7, 11) is 1.45. The molecule has 44 heavy (non-hydrogen) atoms. The standard InChI is InChI=1S/C31H30FN5O6S/c1-5-15-42-25(23-16-22(32)11-12-24(23)41-4)17-35-29-26(19(2)28(44-29)37-33-13-14-34-37)27(38)36(31(35)40)20(3)30(39)43-18-21-9-7-6-8-10-21/h5-14,16,20,25H,1,15,17-18H2,2-4H3/t20?,25-/m0/s1. The summed E-state index contributed by atoms with van der Waals surface area (Å²) in [5, 5.41) is 9.11. The van der Waals surface area contributed by atoms with Crippen molar-refractivity contribution in [2.24, 2.45) is 0 Å². The van der Waals surface area contributed by atoms with Gasteiger partial charge in [0.25, 0.3) is 5.56 Å². The molecule has 0 N–H and O–H groups in total. The van der Waals surface area contributed by atoms with Crippen LogP contribution in [-0.2, 0) is 27.4 Å². The lowest BCUT2D eigenvalue weighted by Crippen LogP contribution is -2.44. The highest BCUT2D eigenvalue weighted by molar-refractivity contribution is 7.21. The Balaban J connectivity index is 1.67. The third-order valence-electron chi connectivity index (χ3n) is 7.07. The molecule has 0 saturated carbocycles. The van der Waals surface area contributed by atoms with E-state index in [0.29, 0.717) is 26.7 Å². The van der Waals surface area contributed by atoms with Gasteiger partial charge in [-0.2, -0.15) is 10.2 Å². The Labute approximate surface area is 255 Å². The minimum atomic E-state index is -1.27. The predicted molar refractivity (Wildman–Crippen MR) is 163 cm³/mol. The van der Waals surface area contributed by atoms with Gasteiger partial charge in [0.1, 0.15) is 40.2 Å². The van der Waals surface area contributed by atoms with Crippen molar-refractivity contribution in [2.75, 3.05) is 13.7 Å². The van der Waals surface area contributed by atoms with Crippen molar-refractivity contribution < 1.29 is 23.4 Å². The molecular formula is C31H30FN5O6S. The summed E-state index contributed by atoms with van der Waals surface area (Å²) in [6.07, 6.45) is 3.62. The van der Waals surface area contributed by atoms with E-state index in [0.717, 1.165) is 21.5 Å². The minimum absolute atomic E-state index is 0.0291. The maximum atomic E-state index is 14.4. The summed E-state index contributed by atoms with van der Waals surface area (Å²) >= 11 is 1.14. The summed E-state index contributed by atoms with van der Waals surface area (Å²) < 4.78 is 33.7. The van der Waals surface area contributed by atoms with E-state index >= 15 is 0 Å². The molecule has 0 aliphatic carbocycles. The number of ether oxygens (including phenoxy) is 3. The highest BCUT2D eigenvalue weighted by Crippen LogP contribution is 2.34. The molecule has 3 heterocycles. The van der Waals surface area contributed by atoms with Gasteiger partial charge in [0, 0.05) is 11.1 Å². The number of aryl methyl sites for hydroxylation is 1. The van der Waals surface area contributed by atoms with E-state index < -0.39 is 35.2 Å². The second kappa shape index (κ2) is 13.2. The van der Waals surface area contributed by atoms with Gasteiger partial charge in [-0.3, -0.25) is 9.36 Å². The molecule has 3 aromatic heterocycles. The molecular weight excluding hydrogens is 589 g/mol. The molecule has 2 aromatic carbocycles. The molecule has 2 atom stereocenters. The maximum absolute atomic E-state index is 14.4. The number of carbonyl (C=O) groups excluding carboxylic acids is 1. The number of methoxy groups -OCH3 is 1. The zero-order valence-electron chi connectivity index (χ0n) is 24.3. The second-order valence-electron chi connectivity index (χ2n) is 9.87. The average molecular weight is 620 g/mol. The Morgan fingerprint density at radius 1 is 1.14 bits per heavy atom. The monoisotopic (exact) mass is 619 g/mol. The molecule has 1 unspecified atom stereocenters. The van der Waals surface area contributed by atoms with Gasteiger partial charge in [-0.15, -0.1) is 11.4 Å². The molecule has 11 nitrogen and oxygen atoms in total. The van der Waals surface area contributed by atoms with E-state index in [4.69, 9.17) is 14.2 Å². The Morgan fingerprint density at radius 2 is 1.86 bits per heavy atom. The quantitative estimate of drug-likeness (QED) is 0.148. The predicted octanol–water partition coefficient (Wildman–Crippen LogP) is 4.51. The van der Waals surface area contributed by atoms with E-state index in [1.54, 1.807) is 19.1 Å². The summed E-state index contributed by atoms with van der Waals surface area (Å²) in [5.74, 6) is -0.934. The van der Waals surface area contributed by atoms with Crippen molar-refractivity contribution in [2.45, 2.75) is 39.1 Å². The molecule has 5 aromatic rings. The third-order valence-corrected chi connectivity index (χ3v) is 8.35. The molecule has 0 aliphatic heterocycles. The number of carbonyl (C=O) groups is 1. The summed E-state index contributed by atoms with van der Waals surface area (Å²) in [6, 6.07) is 11.8. The fourth-order valence-corrected chi connectivity index (χ4v) is 6.09. The zero-order chi connectivity index (χ0) is 31.4. The van der Waals surface area contributed by atoms with E-state index in [1.807, 2.05) is 18.2 Å². The number of esters is 1. The first kappa shape index (κ1) is 30.6. The normalized spacial score (nSPS) is 12.6. The minimum Gasteiger partial charge on any atom is -0.496 e. The first-order valence-corrected chi connectivity index (χ1v) is 14.5. The molecule has 0 spiro atoms. The third kappa shape index (κ3) is 5.96. The van der Waals surface area contributed by atoms with Crippen molar-refractivity contribution in [3.05, 3.63) is 117 Å². The molecule has 228 valence electrons. The van der Waals surface area contributed by atoms with Crippen molar-refractivity contribution in [3.63, 3.8) is 0 Å². The number of aromatic nitrogens is 5. The van der Waals surface area contributed by atoms with Crippen LogP contribution in [0, 0.1) is 12.7 Å². The molecule has 0 amide bonds. The van der Waals surface area contributed by atoms with Crippen LogP contribution in [0.2, 0.25) is 0 Å². The average Bonchev–Trinajstić information content (AvgIpc) is 3.68. The van der Waals surface area contributed by atoms with Crippen LogP contribution >= 0.6 is 11.3 Å². The first-order chi connectivity index (χ1) is 21.2. The van der Waals surface area contributed by atoms with Crippen LogP contribution in [0.25, 0.3) is 15.2 Å². The van der Waals surface area contributed by atoms with Gasteiger partial charge in [-0.05, 0) is 37.6 Å². The van der Waals surface area contributed by atoms with Crippen LogP contribution in [0.4, 0.5) is 4.39 Å². The number of rotatable bonds is 12. The largest absolute Gasteiger partial charge is 0.496 e. The molecule has 5 rings (SSSR count). The number of halogens is 1. The molecule has 0 radical (unpaired) electrons. The van der Waals surface area contributed by atoms with Gasteiger partial charge in [-0.25, -0.2) is 18.5 Å². The van der Waals surface area contributed by atoms with E-state index in [-0.39, 0.29) is 25.1 Å². The lowest BCUT2D eigenvalue weighted by molar-refractivity contribution is -0.148. The van der Waals surface area contributed by atoms with Crippen molar-refractivity contribution in [1.82, 2.24) is 24.1 Å². The summed E-state index contributed by atoms with van der Waals surface area (Å²) in [6.45, 7) is 6.76. The lowest BCUT2D eigenvalue weighted by atomic mass is 10.1. The zero-order valence-corrected chi connectivity index (χ0v) is 25.1. The Kier molecular flexibility index (Phi) is 9.16. The Bertz CT molecular complexity index is 1920. The Hall–Kier alpha value is -4.88. The van der Waals surface area contributed by atoms with Crippen LogP contribution in [0.3, 0.4) is 0 Å². The van der Waals surface area contributed by atoms with Crippen molar-refractivity contribution in [1.29, 1.82) is 0 Å². The topological polar surface area (TPSA) is 119 Å². The highest BCUT2D eigenvalue weighted by atomic mass is 32.1. The number of benzene rings is 2. The number of fused-ring (bicyclic) bond motifs is 1. The SMILES string of the molecule is C=CCO[C@@H](Cn1c(=O)n(C(C)C(=O)OCc2ccccc2)c(=O)c2c(C)c(-n3nccn3)sc21)c1cc(F)ccc1OC. The van der Waals surface area contributed by atoms with Crippen LogP contribution < -0.4 is 16.0 Å². The molecule has 0 bridgehead atoms. The van der Waals surface area contributed by atoms with Crippen LogP contribution in [0.1, 0.15) is 35.8 Å². The van der Waals surface area contributed by atoms with Gasteiger partial charge < -0.3 is 14.2 Å². The second-order valence-corrected chi connectivity index (χ2v) is 10.8. The fourth-order valence-electron chi connectivity index (χ4n) is 4.87. The van der Waals surface area contributed by atoms with Crippen LogP contribution in [0.15, 0.2) is 83.2 Å². The van der Waals surface area contributed by atoms with Gasteiger partial charge in [0.2, 0.25) is 0 Å². The lowest BCUT2D eigenvalue weighted by Gasteiger charge is -2.23. The number of thiophene rings is 1. The molecule has 0 fully saturated rings. The number of nitrogens with zero attached hydrogens (tertiary/aromatic N) is 5. The summed E-state index contributed by atoms with van der Waals surface area (Å²) in [4.78, 5) is 43.1. The molecule has 0 saturated heterocycles. The highest BCUT2D eigenvalue weighted by Gasteiger charge is 2.29. The van der Waals surface area contributed by atoms with E-state index in [9.17, 15) is 18.8 Å². The Morgan fingerprint density at radius 3 is 2.55 bits per heavy atom. The van der Waals surface area contributed by atoms with Crippen molar-refractivity contribution >= 4 is 27.5 Å². The van der Waals surface area contributed by atoms with Crippen LogP contribution in [-0.4, -0.2) is 43.8 Å². The van der Waals surface area contributed by atoms with Crippen LogP contribution in [0.5, 0.6) is 5.75 Å². The number of hydrogen-bond donors (Lipinski definition) is 0. The van der Waals surface area contributed by atoms with E-state index in [1.165, 1.54) is 60.1 Å². The summed E-state index contributed by atoms with van der Waals surface area (Å²) in [5.41, 5.74) is 0.194. The molecule has 13 heteroatoms. The smallest absolute Gasteiger partial charge is 0.333 e. The van der Waals surface area contributed by atoms with Crippen molar-refractivity contribution in [3.8, 4) is 10.8 Å². The first-order valence-electron chi connectivity index (χ1n) is 13.7.